The second kappa shape index (κ2) is 9.71. The van der Waals surface area contributed by atoms with Crippen molar-refractivity contribution in [1.82, 2.24) is 18.9 Å². The monoisotopic (exact) mass is 465 g/mol. The average molecular weight is 465 g/mol. The summed E-state index contributed by atoms with van der Waals surface area (Å²) in [7, 11) is -1.89. The van der Waals surface area contributed by atoms with Gasteiger partial charge in [-0.2, -0.15) is 13.9 Å². The Bertz CT molecular complexity index is 1340. The molecule has 0 amide bonds. The molecular formula is C22H24BN5O4S. The SMILES string of the molecule is Bc1cnn2c(Nc3ccc(S(=O)(=O)N(CCO)CCO)cc3)cc(-c3ccccc3)nc12. The maximum absolute atomic E-state index is 12.8. The molecule has 2 aromatic carbocycles. The Morgan fingerprint density at radius 2 is 1.67 bits per heavy atom. The molecule has 170 valence electrons. The van der Waals surface area contributed by atoms with Crippen LogP contribution < -0.4 is 10.8 Å². The molecule has 0 aliphatic rings. The maximum Gasteiger partial charge on any atom is 0.243 e. The fourth-order valence-corrected chi connectivity index (χ4v) is 4.92. The van der Waals surface area contributed by atoms with Crippen LogP contribution in [0.25, 0.3) is 16.9 Å². The summed E-state index contributed by atoms with van der Waals surface area (Å²) >= 11 is 0. The van der Waals surface area contributed by atoms with Gasteiger partial charge in [-0.3, -0.25) is 0 Å². The van der Waals surface area contributed by atoms with E-state index in [1.807, 2.05) is 44.2 Å². The zero-order chi connectivity index (χ0) is 23.4. The van der Waals surface area contributed by atoms with Crippen LogP contribution in [-0.2, 0) is 10.0 Å². The van der Waals surface area contributed by atoms with Gasteiger partial charge in [-0.1, -0.05) is 30.3 Å². The summed E-state index contributed by atoms with van der Waals surface area (Å²) in [5, 5.41) is 26.0. The standard InChI is InChI=1S/C22H24BN5O4S/c23-19-15-24-28-21(14-20(26-22(19)28)16-4-2-1-3-5-16)25-17-6-8-18(9-7-17)33(31,32)27(10-12-29)11-13-30/h1-9,14-15,25,29-30H,10-13,23H2. The smallest absolute Gasteiger partial charge is 0.243 e. The Balaban J connectivity index is 1.66. The third-order valence-electron chi connectivity index (χ3n) is 5.18. The molecule has 0 atom stereocenters. The van der Waals surface area contributed by atoms with Crippen molar-refractivity contribution in [2.75, 3.05) is 31.6 Å². The number of nitrogens with zero attached hydrogens (tertiary/aromatic N) is 4. The van der Waals surface area contributed by atoms with E-state index in [1.165, 1.54) is 12.1 Å². The van der Waals surface area contributed by atoms with Gasteiger partial charge in [-0.05, 0) is 29.7 Å². The van der Waals surface area contributed by atoms with Gasteiger partial charge >= 0.3 is 0 Å². The lowest BCUT2D eigenvalue weighted by Gasteiger charge is -2.20. The molecule has 4 aromatic rings. The average Bonchev–Trinajstić information content (AvgIpc) is 3.21. The minimum atomic E-state index is -3.83. The van der Waals surface area contributed by atoms with Crippen LogP contribution >= 0.6 is 0 Å². The molecular weight excluding hydrogens is 441 g/mol. The zero-order valence-corrected chi connectivity index (χ0v) is 18.9. The van der Waals surface area contributed by atoms with Gasteiger partial charge in [0.1, 0.15) is 13.7 Å². The van der Waals surface area contributed by atoms with Crippen molar-refractivity contribution < 1.29 is 18.6 Å². The van der Waals surface area contributed by atoms with E-state index in [-0.39, 0.29) is 31.2 Å². The van der Waals surface area contributed by atoms with E-state index >= 15 is 0 Å². The lowest BCUT2D eigenvalue weighted by atomic mass is 10.0. The molecule has 33 heavy (non-hydrogen) atoms. The number of sulfonamides is 1. The van der Waals surface area contributed by atoms with E-state index in [1.54, 1.807) is 22.8 Å². The predicted molar refractivity (Wildman–Crippen MR) is 129 cm³/mol. The van der Waals surface area contributed by atoms with Gasteiger partial charge in [-0.25, -0.2) is 13.4 Å². The van der Waals surface area contributed by atoms with Gasteiger partial charge in [0.25, 0.3) is 0 Å². The van der Waals surface area contributed by atoms with Crippen LogP contribution in [0.5, 0.6) is 0 Å². The molecule has 9 nitrogen and oxygen atoms in total. The largest absolute Gasteiger partial charge is 0.395 e. The fraction of sp³-hybridized carbons (Fsp3) is 0.182. The molecule has 0 saturated heterocycles. The van der Waals surface area contributed by atoms with Gasteiger partial charge in [0, 0.05) is 36.6 Å². The molecule has 2 heterocycles. The van der Waals surface area contributed by atoms with E-state index in [4.69, 9.17) is 15.2 Å². The molecule has 0 aliphatic carbocycles. The van der Waals surface area contributed by atoms with Gasteiger partial charge in [0.2, 0.25) is 10.0 Å². The first-order valence-electron chi connectivity index (χ1n) is 10.4. The van der Waals surface area contributed by atoms with Crippen LogP contribution in [0.15, 0.2) is 71.8 Å². The minimum Gasteiger partial charge on any atom is -0.395 e. The van der Waals surface area contributed by atoms with Crippen molar-refractivity contribution in [3.63, 3.8) is 0 Å². The summed E-state index contributed by atoms with van der Waals surface area (Å²) in [6.07, 6.45) is 1.74. The summed E-state index contributed by atoms with van der Waals surface area (Å²) in [6.45, 7) is -0.828. The Kier molecular flexibility index (Phi) is 6.75. The van der Waals surface area contributed by atoms with Crippen LogP contribution in [0.4, 0.5) is 11.5 Å². The van der Waals surface area contributed by atoms with E-state index in [2.05, 4.69) is 10.4 Å². The van der Waals surface area contributed by atoms with E-state index in [9.17, 15) is 8.42 Å². The highest BCUT2D eigenvalue weighted by Crippen LogP contribution is 2.25. The lowest BCUT2D eigenvalue weighted by Crippen LogP contribution is -2.35. The van der Waals surface area contributed by atoms with E-state index in [0.29, 0.717) is 11.5 Å². The Morgan fingerprint density at radius 3 is 2.30 bits per heavy atom. The molecule has 2 aromatic heterocycles. The summed E-state index contributed by atoms with van der Waals surface area (Å²) in [6, 6.07) is 18.0. The molecule has 0 aliphatic heterocycles. The van der Waals surface area contributed by atoms with Crippen molar-refractivity contribution in [2.24, 2.45) is 0 Å². The van der Waals surface area contributed by atoms with Crippen LogP contribution in [0.3, 0.4) is 0 Å². The molecule has 0 radical (unpaired) electrons. The highest BCUT2D eigenvalue weighted by atomic mass is 32.2. The highest BCUT2D eigenvalue weighted by Gasteiger charge is 2.23. The number of benzene rings is 2. The molecule has 0 bridgehead atoms. The molecule has 0 fully saturated rings. The summed E-state index contributed by atoms with van der Waals surface area (Å²) < 4.78 is 28.4. The number of nitrogens with one attached hydrogen (secondary N) is 1. The first-order chi connectivity index (χ1) is 15.9. The molecule has 4 rings (SSSR count). The maximum atomic E-state index is 12.8. The van der Waals surface area contributed by atoms with E-state index in [0.717, 1.165) is 26.7 Å². The Morgan fingerprint density at radius 1 is 1.00 bits per heavy atom. The number of hydrogen-bond acceptors (Lipinski definition) is 7. The Labute approximate surface area is 192 Å². The second-order valence-electron chi connectivity index (χ2n) is 7.46. The fourth-order valence-electron chi connectivity index (χ4n) is 3.50. The van der Waals surface area contributed by atoms with Crippen LogP contribution in [0.1, 0.15) is 0 Å². The van der Waals surface area contributed by atoms with Crippen LogP contribution in [0.2, 0.25) is 0 Å². The van der Waals surface area contributed by atoms with Crippen molar-refractivity contribution in [1.29, 1.82) is 0 Å². The number of anilines is 2. The first kappa shape index (κ1) is 22.9. The van der Waals surface area contributed by atoms with Crippen molar-refractivity contribution >= 4 is 40.5 Å². The molecule has 0 saturated carbocycles. The number of hydrogen-bond donors (Lipinski definition) is 3. The number of aromatic nitrogens is 3. The summed E-state index contributed by atoms with van der Waals surface area (Å²) in [5.41, 5.74) is 4.09. The number of fused-ring (bicyclic) bond motifs is 1. The second-order valence-corrected chi connectivity index (χ2v) is 9.39. The number of rotatable bonds is 9. The zero-order valence-electron chi connectivity index (χ0n) is 18.1. The number of aliphatic hydroxyl groups excluding tert-OH is 2. The third-order valence-corrected chi connectivity index (χ3v) is 7.09. The normalized spacial score (nSPS) is 11.8. The first-order valence-corrected chi connectivity index (χ1v) is 11.9. The molecule has 0 spiro atoms. The van der Waals surface area contributed by atoms with Crippen LogP contribution in [-0.4, -0.2) is 71.7 Å². The van der Waals surface area contributed by atoms with Gasteiger partial charge in [0.15, 0.2) is 5.65 Å². The van der Waals surface area contributed by atoms with Crippen molar-refractivity contribution in [3.05, 3.63) is 66.9 Å². The molecule has 0 unspecified atom stereocenters. The van der Waals surface area contributed by atoms with Gasteiger partial charge in [-0.15, -0.1) is 0 Å². The van der Waals surface area contributed by atoms with Crippen molar-refractivity contribution in [2.45, 2.75) is 4.90 Å². The molecule has 3 N–H and O–H groups in total. The number of aliphatic hydroxyl groups is 2. The van der Waals surface area contributed by atoms with E-state index < -0.39 is 10.0 Å². The van der Waals surface area contributed by atoms with Gasteiger partial charge < -0.3 is 15.5 Å². The lowest BCUT2D eigenvalue weighted by molar-refractivity contribution is 0.217. The minimum absolute atomic E-state index is 0.0785. The summed E-state index contributed by atoms with van der Waals surface area (Å²) in [5.74, 6) is 0.685. The van der Waals surface area contributed by atoms with Crippen LogP contribution in [0, 0.1) is 0 Å². The Hall–Kier alpha value is -3.25. The quantitative estimate of drug-likeness (QED) is 0.306. The van der Waals surface area contributed by atoms with Crippen molar-refractivity contribution in [3.8, 4) is 11.3 Å². The topological polar surface area (TPSA) is 120 Å². The highest BCUT2D eigenvalue weighted by molar-refractivity contribution is 7.89. The third kappa shape index (κ3) is 4.76. The van der Waals surface area contributed by atoms with Gasteiger partial charge in [0.05, 0.1) is 23.8 Å². The predicted octanol–water partition coefficient (Wildman–Crippen LogP) is 0.374. The summed E-state index contributed by atoms with van der Waals surface area (Å²) in [4.78, 5) is 4.82. The molecule has 11 heteroatoms.